The molecule has 0 radical (unpaired) electrons. The molecule has 0 bridgehead atoms. The maximum atomic E-state index is 9.37. The highest BCUT2D eigenvalue weighted by molar-refractivity contribution is 5.81. The zero-order chi connectivity index (χ0) is 7.84. The zero-order valence-electron chi connectivity index (χ0n) is 5.79. The lowest BCUT2D eigenvalue weighted by Gasteiger charge is -1.88. The first-order chi connectivity index (χ1) is 5.33. The van der Waals surface area contributed by atoms with Gasteiger partial charge in [0, 0.05) is 6.20 Å². The molecule has 0 spiro atoms. The van der Waals surface area contributed by atoms with Crippen LogP contribution in [0.25, 0.3) is 11.1 Å². The largest absolute Gasteiger partial charge is 0.503 e. The Morgan fingerprint density at radius 3 is 3.09 bits per heavy atom. The van der Waals surface area contributed by atoms with Crippen molar-refractivity contribution in [3.63, 3.8) is 0 Å². The standard InChI is InChI=1S/C7H8N2O2/c8-3-5-7(10)6-4(11-5)1-2-9-6/h1-2,9-10H,3,8H2. The lowest BCUT2D eigenvalue weighted by molar-refractivity contribution is 0.441. The van der Waals surface area contributed by atoms with Gasteiger partial charge in [-0.05, 0) is 6.07 Å². The molecule has 0 aliphatic heterocycles. The van der Waals surface area contributed by atoms with Crippen LogP contribution >= 0.6 is 0 Å². The molecule has 4 heteroatoms. The Balaban J connectivity index is 2.76. The predicted molar refractivity (Wildman–Crippen MR) is 40.1 cm³/mol. The molecule has 2 rings (SSSR count). The maximum absolute atomic E-state index is 9.37. The summed E-state index contributed by atoms with van der Waals surface area (Å²) in [4.78, 5) is 2.84. The van der Waals surface area contributed by atoms with Crippen LogP contribution in [0.5, 0.6) is 5.75 Å². The highest BCUT2D eigenvalue weighted by atomic mass is 16.4. The molecule has 0 unspecified atom stereocenters. The van der Waals surface area contributed by atoms with Gasteiger partial charge in [-0.3, -0.25) is 0 Å². The lowest BCUT2D eigenvalue weighted by Crippen LogP contribution is -1.93. The molecule has 0 saturated carbocycles. The number of nitrogens with one attached hydrogen (secondary N) is 1. The number of fused-ring (bicyclic) bond motifs is 1. The molecule has 0 aromatic carbocycles. The van der Waals surface area contributed by atoms with Crippen LogP contribution in [-0.4, -0.2) is 10.1 Å². The SMILES string of the molecule is NCc1oc2cc[nH]c2c1O. The Morgan fingerprint density at radius 1 is 1.64 bits per heavy atom. The van der Waals surface area contributed by atoms with Gasteiger partial charge in [0.15, 0.2) is 17.1 Å². The highest BCUT2D eigenvalue weighted by Crippen LogP contribution is 2.29. The Kier molecular flexibility index (Phi) is 1.16. The van der Waals surface area contributed by atoms with Gasteiger partial charge in [0.1, 0.15) is 5.52 Å². The number of hydrogen-bond donors (Lipinski definition) is 3. The van der Waals surface area contributed by atoms with Gasteiger partial charge in [0.25, 0.3) is 0 Å². The van der Waals surface area contributed by atoms with Crippen LogP contribution in [0.15, 0.2) is 16.7 Å². The average molecular weight is 152 g/mol. The van der Waals surface area contributed by atoms with E-state index in [0.29, 0.717) is 16.9 Å². The normalized spacial score (nSPS) is 11.0. The van der Waals surface area contributed by atoms with Crippen LogP contribution < -0.4 is 5.73 Å². The fraction of sp³-hybridized carbons (Fsp3) is 0.143. The van der Waals surface area contributed by atoms with Gasteiger partial charge >= 0.3 is 0 Å². The number of hydrogen-bond acceptors (Lipinski definition) is 3. The molecule has 4 nitrogen and oxygen atoms in total. The van der Waals surface area contributed by atoms with Crippen LogP contribution in [0.1, 0.15) is 5.76 Å². The second-order valence-electron chi connectivity index (χ2n) is 2.29. The van der Waals surface area contributed by atoms with E-state index in [1.54, 1.807) is 12.3 Å². The molecule has 0 amide bonds. The number of aromatic hydroxyl groups is 1. The van der Waals surface area contributed by atoms with Crippen molar-refractivity contribution in [1.29, 1.82) is 0 Å². The molecule has 11 heavy (non-hydrogen) atoms. The Labute approximate surface area is 62.6 Å². The van der Waals surface area contributed by atoms with Crippen LogP contribution in [0.2, 0.25) is 0 Å². The van der Waals surface area contributed by atoms with Gasteiger partial charge in [-0.25, -0.2) is 0 Å². The number of rotatable bonds is 1. The van der Waals surface area contributed by atoms with Crippen molar-refractivity contribution < 1.29 is 9.52 Å². The molecule has 0 atom stereocenters. The molecule has 2 aromatic heterocycles. The third kappa shape index (κ3) is 0.729. The predicted octanol–water partition coefficient (Wildman–Crippen LogP) is 0.925. The highest BCUT2D eigenvalue weighted by Gasteiger charge is 2.11. The van der Waals surface area contributed by atoms with E-state index >= 15 is 0 Å². The van der Waals surface area contributed by atoms with Gasteiger partial charge in [-0.15, -0.1) is 0 Å². The second-order valence-corrected chi connectivity index (χ2v) is 2.29. The summed E-state index contributed by atoms with van der Waals surface area (Å²) in [6.45, 7) is 0.217. The minimum absolute atomic E-state index is 0.118. The molecular formula is C7H8N2O2. The lowest BCUT2D eigenvalue weighted by atomic mass is 10.4. The number of furan rings is 1. The first-order valence-electron chi connectivity index (χ1n) is 3.30. The number of aromatic nitrogens is 1. The fourth-order valence-corrected chi connectivity index (χ4v) is 1.08. The summed E-state index contributed by atoms with van der Waals surface area (Å²) in [6.07, 6.45) is 1.70. The van der Waals surface area contributed by atoms with Crippen molar-refractivity contribution in [1.82, 2.24) is 4.98 Å². The Hall–Kier alpha value is -1.42. The van der Waals surface area contributed by atoms with E-state index in [1.165, 1.54) is 0 Å². The topological polar surface area (TPSA) is 75.2 Å². The van der Waals surface area contributed by atoms with Crippen LogP contribution in [0.3, 0.4) is 0 Å². The van der Waals surface area contributed by atoms with Crippen molar-refractivity contribution >= 4 is 11.1 Å². The molecular weight excluding hydrogens is 144 g/mol. The molecule has 2 aromatic rings. The molecule has 2 heterocycles. The van der Waals surface area contributed by atoms with Crippen LogP contribution in [-0.2, 0) is 6.54 Å². The molecule has 0 saturated heterocycles. The van der Waals surface area contributed by atoms with E-state index in [4.69, 9.17) is 10.2 Å². The molecule has 58 valence electrons. The fourth-order valence-electron chi connectivity index (χ4n) is 1.08. The maximum Gasteiger partial charge on any atom is 0.183 e. The van der Waals surface area contributed by atoms with Gasteiger partial charge in [-0.1, -0.05) is 0 Å². The number of H-pyrrole nitrogens is 1. The molecule has 0 aliphatic rings. The first kappa shape index (κ1) is 6.30. The van der Waals surface area contributed by atoms with E-state index in [0.717, 1.165) is 0 Å². The van der Waals surface area contributed by atoms with E-state index in [2.05, 4.69) is 4.98 Å². The monoisotopic (exact) mass is 152 g/mol. The zero-order valence-corrected chi connectivity index (χ0v) is 5.79. The van der Waals surface area contributed by atoms with Gasteiger partial charge in [-0.2, -0.15) is 0 Å². The van der Waals surface area contributed by atoms with E-state index in [-0.39, 0.29) is 12.3 Å². The summed E-state index contributed by atoms with van der Waals surface area (Å²) in [7, 11) is 0. The van der Waals surface area contributed by atoms with E-state index in [9.17, 15) is 5.11 Å². The average Bonchev–Trinajstić information content (AvgIpc) is 2.53. The minimum atomic E-state index is 0.118. The summed E-state index contributed by atoms with van der Waals surface area (Å²) in [5, 5.41) is 9.37. The van der Waals surface area contributed by atoms with Gasteiger partial charge in [0.05, 0.1) is 6.54 Å². The van der Waals surface area contributed by atoms with Crippen LogP contribution in [0.4, 0.5) is 0 Å². The minimum Gasteiger partial charge on any atom is -0.503 e. The van der Waals surface area contributed by atoms with Crippen molar-refractivity contribution in [2.24, 2.45) is 5.73 Å². The number of nitrogens with two attached hydrogens (primary N) is 1. The third-order valence-corrected chi connectivity index (χ3v) is 1.63. The third-order valence-electron chi connectivity index (χ3n) is 1.63. The van der Waals surface area contributed by atoms with E-state index < -0.39 is 0 Å². The summed E-state index contributed by atoms with van der Waals surface area (Å²) in [5.41, 5.74) is 6.56. The van der Waals surface area contributed by atoms with Crippen LogP contribution in [0, 0.1) is 0 Å². The van der Waals surface area contributed by atoms with Crippen molar-refractivity contribution in [2.75, 3.05) is 0 Å². The Bertz CT molecular complexity index is 375. The summed E-state index contributed by atoms with van der Waals surface area (Å²) in [5.74, 6) is 0.541. The summed E-state index contributed by atoms with van der Waals surface area (Å²) in [6, 6.07) is 1.74. The Morgan fingerprint density at radius 2 is 2.45 bits per heavy atom. The second kappa shape index (κ2) is 2.03. The van der Waals surface area contributed by atoms with Gasteiger partial charge < -0.3 is 20.2 Å². The quantitative estimate of drug-likeness (QED) is 0.568. The first-order valence-corrected chi connectivity index (χ1v) is 3.30. The summed E-state index contributed by atoms with van der Waals surface area (Å²) >= 11 is 0. The van der Waals surface area contributed by atoms with Crippen molar-refractivity contribution in [2.45, 2.75) is 6.54 Å². The van der Waals surface area contributed by atoms with Crippen molar-refractivity contribution in [3.05, 3.63) is 18.0 Å². The van der Waals surface area contributed by atoms with Crippen molar-refractivity contribution in [3.8, 4) is 5.75 Å². The molecule has 4 N–H and O–H groups in total. The number of aromatic amines is 1. The molecule has 0 fully saturated rings. The van der Waals surface area contributed by atoms with E-state index in [1.807, 2.05) is 0 Å². The summed E-state index contributed by atoms with van der Waals surface area (Å²) < 4.78 is 5.18. The van der Waals surface area contributed by atoms with Gasteiger partial charge in [0.2, 0.25) is 0 Å². The smallest absolute Gasteiger partial charge is 0.183 e. The molecule has 0 aliphatic carbocycles.